The summed E-state index contributed by atoms with van der Waals surface area (Å²) in [5.74, 6) is 1.55. The molecule has 1 aliphatic rings. The lowest BCUT2D eigenvalue weighted by atomic mass is 9.74. The molecule has 0 unspecified atom stereocenters. The number of amides is 1. The standard InChI is InChI=1S/C22H43NO3/c1-20(2,3)15-18-10-8-17(9-11-18)14-19(24)23-13-12-22(6,7)26-16-21(4,5)25/h17-18,25H,8-16H2,1-7H3,(H,23,24). The molecule has 0 aromatic rings. The van der Waals surface area contributed by atoms with Crippen molar-refractivity contribution in [3.8, 4) is 0 Å². The van der Waals surface area contributed by atoms with Crippen LogP contribution in [-0.4, -0.2) is 35.4 Å². The van der Waals surface area contributed by atoms with Crippen molar-refractivity contribution < 1.29 is 14.6 Å². The molecule has 0 bridgehead atoms. The smallest absolute Gasteiger partial charge is 0.220 e. The number of hydrogen-bond acceptors (Lipinski definition) is 3. The average Bonchev–Trinajstić information content (AvgIpc) is 2.45. The third-order valence-electron chi connectivity index (χ3n) is 5.21. The molecular weight excluding hydrogens is 326 g/mol. The molecule has 4 heteroatoms. The van der Waals surface area contributed by atoms with Crippen LogP contribution in [0.3, 0.4) is 0 Å². The van der Waals surface area contributed by atoms with Gasteiger partial charge in [0.25, 0.3) is 0 Å². The molecule has 0 saturated heterocycles. The fourth-order valence-electron chi connectivity index (χ4n) is 3.79. The maximum absolute atomic E-state index is 12.2. The van der Waals surface area contributed by atoms with Crippen LogP contribution in [0, 0.1) is 17.3 Å². The van der Waals surface area contributed by atoms with E-state index in [4.69, 9.17) is 4.74 Å². The highest BCUT2D eigenvalue weighted by atomic mass is 16.5. The molecule has 0 aliphatic heterocycles. The van der Waals surface area contributed by atoms with Crippen LogP contribution in [0.4, 0.5) is 0 Å². The molecule has 0 atom stereocenters. The van der Waals surface area contributed by atoms with Gasteiger partial charge in [0.1, 0.15) is 0 Å². The van der Waals surface area contributed by atoms with Gasteiger partial charge >= 0.3 is 0 Å². The highest BCUT2D eigenvalue weighted by molar-refractivity contribution is 5.76. The maximum Gasteiger partial charge on any atom is 0.220 e. The molecule has 4 nitrogen and oxygen atoms in total. The quantitative estimate of drug-likeness (QED) is 0.620. The minimum atomic E-state index is -0.827. The maximum atomic E-state index is 12.2. The number of aliphatic hydroxyl groups is 1. The lowest BCUT2D eigenvalue weighted by Crippen LogP contribution is -2.37. The highest BCUT2D eigenvalue weighted by Gasteiger charge is 2.27. The highest BCUT2D eigenvalue weighted by Crippen LogP contribution is 2.37. The fraction of sp³-hybridized carbons (Fsp3) is 0.955. The topological polar surface area (TPSA) is 58.6 Å². The second kappa shape index (κ2) is 9.54. The van der Waals surface area contributed by atoms with Crippen LogP contribution < -0.4 is 5.32 Å². The summed E-state index contributed by atoms with van der Waals surface area (Å²) in [6.45, 7) is 15.4. The minimum Gasteiger partial charge on any atom is -0.388 e. The lowest BCUT2D eigenvalue weighted by Gasteiger charge is -2.32. The molecule has 1 fully saturated rings. The van der Waals surface area contributed by atoms with Crippen LogP contribution in [0.2, 0.25) is 0 Å². The molecule has 1 saturated carbocycles. The van der Waals surface area contributed by atoms with Crippen LogP contribution in [0.15, 0.2) is 0 Å². The number of hydrogen-bond donors (Lipinski definition) is 2. The van der Waals surface area contributed by atoms with Crippen molar-refractivity contribution in [3.05, 3.63) is 0 Å². The second-order valence-electron chi connectivity index (χ2n) is 10.8. The number of carbonyl (C=O) groups is 1. The van der Waals surface area contributed by atoms with Gasteiger partial charge < -0.3 is 15.2 Å². The first-order valence-electron chi connectivity index (χ1n) is 10.4. The van der Waals surface area contributed by atoms with Gasteiger partial charge in [0, 0.05) is 13.0 Å². The van der Waals surface area contributed by atoms with E-state index in [0.717, 1.165) is 12.3 Å². The van der Waals surface area contributed by atoms with Gasteiger partial charge in [-0.2, -0.15) is 0 Å². The summed E-state index contributed by atoms with van der Waals surface area (Å²) in [6, 6.07) is 0. The summed E-state index contributed by atoms with van der Waals surface area (Å²) >= 11 is 0. The summed E-state index contributed by atoms with van der Waals surface area (Å²) in [6.07, 6.45) is 7.62. The lowest BCUT2D eigenvalue weighted by molar-refractivity contribution is -0.123. The number of ether oxygens (including phenoxy) is 1. The molecule has 1 amide bonds. The zero-order valence-corrected chi connectivity index (χ0v) is 18.3. The average molecular weight is 370 g/mol. The first-order chi connectivity index (χ1) is 11.8. The molecule has 0 heterocycles. The summed E-state index contributed by atoms with van der Waals surface area (Å²) in [5, 5.41) is 12.8. The Bertz CT molecular complexity index is 424. The Hall–Kier alpha value is -0.610. The van der Waals surface area contributed by atoms with E-state index in [-0.39, 0.29) is 11.5 Å². The third kappa shape index (κ3) is 11.2. The van der Waals surface area contributed by atoms with Crippen LogP contribution in [-0.2, 0) is 9.53 Å². The molecule has 1 rings (SSSR count). The Kier molecular flexibility index (Phi) is 8.60. The van der Waals surface area contributed by atoms with Crippen molar-refractivity contribution in [1.29, 1.82) is 0 Å². The van der Waals surface area contributed by atoms with Gasteiger partial charge in [-0.25, -0.2) is 0 Å². The van der Waals surface area contributed by atoms with E-state index in [0.29, 0.717) is 30.9 Å². The van der Waals surface area contributed by atoms with Crippen LogP contribution in [0.1, 0.15) is 93.4 Å². The fourth-order valence-corrected chi connectivity index (χ4v) is 3.79. The Labute approximate surface area is 161 Å². The van der Waals surface area contributed by atoms with Crippen molar-refractivity contribution in [2.75, 3.05) is 13.2 Å². The van der Waals surface area contributed by atoms with Gasteiger partial charge in [-0.05, 0) is 70.6 Å². The first kappa shape index (κ1) is 23.4. The summed E-state index contributed by atoms with van der Waals surface area (Å²) in [7, 11) is 0. The second-order valence-corrected chi connectivity index (χ2v) is 10.8. The molecule has 0 spiro atoms. The van der Waals surface area contributed by atoms with Gasteiger partial charge in [-0.3, -0.25) is 4.79 Å². The number of carbonyl (C=O) groups excluding carboxylic acids is 1. The minimum absolute atomic E-state index is 0.169. The molecule has 0 aromatic carbocycles. The summed E-state index contributed by atoms with van der Waals surface area (Å²) in [4.78, 5) is 12.2. The normalized spacial score (nSPS) is 22.3. The van der Waals surface area contributed by atoms with Gasteiger partial charge in [0.05, 0.1) is 17.8 Å². The van der Waals surface area contributed by atoms with E-state index in [9.17, 15) is 9.90 Å². The molecule has 0 radical (unpaired) electrons. The van der Waals surface area contributed by atoms with Crippen molar-refractivity contribution >= 4 is 5.91 Å². The molecule has 1 aliphatic carbocycles. The largest absolute Gasteiger partial charge is 0.388 e. The molecule has 0 aromatic heterocycles. The van der Waals surface area contributed by atoms with E-state index in [2.05, 4.69) is 26.1 Å². The zero-order chi connectivity index (χ0) is 20.0. The van der Waals surface area contributed by atoms with E-state index in [1.165, 1.54) is 32.1 Å². The van der Waals surface area contributed by atoms with E-state index in [1.54, 1.807) is 13.8 Å². The van der Waals surface area contributed by atoms with E-state index >= 15 is 0 Å². The monoisotopic (exact) mass is 369 g/mol. The molecular formula is C22H43NO3. The van der Waals surface area contributed by atoms with Crippen molar-refractivity contribution in [2.24, 2.45) is 17.3 Å². The third-order valence-corrected chi connectivity index (χ3v) is 5.21. The first-order valence-corrected chi connectivity index (χ1v) is 10.4. The van der Waals surface area contributed by atoms with Gasteiger partial charge in [-0.1, -0.05) is 33.6 Å². The Morgan fingerprint density at radius 2 is 1.54 bits per heavy atom. The van der Waals surface area contributed by atoms with Crippen molar-refractivity contribution in [1.82, 2.24) is 5.32 Å². The van der Waals surface area contributed by atoms with E-state index < -0.39 is 5.60 Å². The predicted octanol–water partition coefficient (Wildman–Crippen LogP) is 4.69. The van der Waals surface area contributed by atoms with Gasteiger partial charge in [0.15, 0.2) is 0 Å². The zero-order valence-electron chi connectivity index (χ0n) is 18.3. The Morgan fingerprint density at radius 1 is 1.00 bits per heavy atom. The van der Waals surface area contributed by atoms with E-state index in [1.807, 2.05) is 13.8 Å². The van der Waals surface area contributed by atoms with Crippen LogP contribution in [0.25, 0.3) is 0 Å². The van der Waals surface area contributed by atoms with Gasteiger partial charge in [-0.15, -0.1) is 0 Å². The molecule has 26 heavy (non-hydrogen) atoms. The number of nitrogens with one attached hydrogen (secondary N) is 1. The SMILES string of the molecule is CC(C)(C)CC1CCC(CC(=O)NCCC(C)(C)OCC(C)(C)O)CC1. The van der Waals surface area contributed by atoms with Gasteiger partial charge in [0.2, 0.25) is 5.91 Å². The van der Waals surface area contributed by atoms with Crippen molar-refractivity contribution in [3.63, 3.8) is 0 Å². The Balaban J connectivity index is 2.21. The van der Waals surface area contributed by atoms with Crippen LogP contribution in [0.5, 0.6) is 0 Å². The summed E-state index contributed by atoms with van der Waals surface area (Å²) in [5.41, 5.74) is -0.764. The predicted molar refractivity (Wildman–Crippen MR) is 108 cm³/mol. The summed E-state index contributed by atoms with van der Waals surface area (Å²) < 4.78 is 5.78. The molecule has 154 valence electrons. The van der Waals surface area contributed by atoms with Crippen LogP contribution >= 0.6 is 0 Å². The Morgan fingerprint density at radius 3 is 2.04 bits per heavy atom. The number of rotatable bonds is 9. The van der Waals surface area contributed by atoms with Crippen molar-refractivity contribution in [2.45, 2.75) is 105 Å². The molecule has 2 N–H and O–H groups in total.